The highest BCUT2D eigenvalue weighted by atomic mass is 79.9. The molecule has 0 aliphatic rings. The zero-order valence-corrected chi connectivity index (χ0v) is 15.9. The van der Waals surface area contributed by atoms with Crippen LogP contribution in [0, 0.1) is 5.82 Å². The summed E-state index contributed by atoms with van der Waals surface area (Å²) in [6.07, 6.45) is 1.50. The number of nitrogen functional groups attached to an aromatic ring is 1. The molecule has 3 aromatic heterocycles. The van der Waals surface area contributed by atoms with Crippen LogP contribution in [0.2, 0.25) is 5.02 Å². The molecule has 7 nitrogen and oxygen atoms in total. The lowest BCUT2D eigenvalue weighted by Crippen LogP contribution is -2.24. The minimum atomic E-state index is -0.446. The van der Waals surface area contributed by atoms with Crippen LogP contribution < -0.4 is 11.4 Å². The summed E-state index contributed by atoms with van der Waals surface area (Å²) in [6, 6.07) is 9.18. The van der Waals surface area contributed by atoms with Gasteiger partial charge in [0.15, 0.2) is 5.65 Å². The van der Waals surface area contributed by atoms with Crippen LogP contribution in [0.3, 0.4) is 0 Å². The highest BCUT2D eigenvalue weighted by molar-refractivity contribution is 9.10. The standard InChI is InChI=1S/C17H11BrClFN6O/c18-13-14(9-1-4-11(20)5-2-9)23-16(21)26-15(13)24-25(17(26)27)8-12-6-3-10(19)7-22-12/h1-7H,8H2,(H2,21,23). The second kappa shape index (κ2) is 6.75. The van der Waals surface area contributed by atoms with Gasteiger partial charge < -0.3 is 5.73 Å². The number of pyridine rings is 1. The fourth-order valence-electron chi connectivity index (χ4n) is 2.63. The molecule has 0 atom stereocenters. The van der Waals surface area contributed by atoms with Crippen molar-refractivity contribution in [2.45, 2.75) is 6.54 Å². The smallest absolute Gasteiger partial charge is 0.353 e. The SMILES string of the molecule is Nc1nc(-c2ccc(F)cc2)c(Br)c2nn(Cc3ccc(Cl)cn3)c(=O)n12. The number of halogens is 3. The molecule has 2 N–H and O–H groups in total. The van der Waals surface area contributed by atoms with Crippen molar-refractivity contribution in [3.8, 4) is 11.3 Å². The first-order valence-electron chi connectivity index (χ1n) is 7.75. The number of anilines is 1. The number of nitrogens with two attached hydrogens (primary N) is 1. The van der Waals surface area contributed by atoms with Crippen LogP contribution in [0.1, 0.15) is 5.69 Å². The second-order valence-corrected chi connectivity index (χ2v) is 6.94. The maximum atomic E-state index is 13.2. The second-order valence-electron chi connectivity index (χ2n) is 5.71. The lowest BCUT2D eigenvalue weighted by atomic mass is 10.1. The van der Waals surface area contributed by atoms with E-state index in [2.05, 4.69) is 31.0 Å². The third kappa shape index (κ3) is 3.19. The first-order chi connectivity index (χ1) is 12.9. The van der Waals surface area contributed by atoms with Crippen LogP contribution in [0.25, 0.3) is 16.9 Å². The van der Waals surface area contributed by atoms with E-state index in [-0.39, 0.29) is 18.3 Å². The Hall–Kier alpha value is -2.78. The molecule has 0 aliphatic heterocycles. The largest absolute Gasteiger partial charge is 0.369 e. The Bertz CT molecular complexity index is 1200. The van der Waals surface area contributed by atoms with E-state index < -0.39 is 5.69 Å². The van der Waals surface area contributed by atoms with Crippen molar-refractivity contribution in [3.05, 3.63) is 74.1 Å². The quantitative estimate of drug-likeness (QED) is 0.519. The minimum absolute atomic E-state index is 0.0205. The van der Waals surface area contributed by atoms with Crippen LogP contribution in [-0.2, 0) is 6.54 Å². The summed E-state index contributed by atoms with van der Waals surface area (Å²) in [5.41, 5.74) is 7.57. The van der Waals surface area contributed by atoms with Crippen LogP contribution in [0.15, 0.2) is 51.9 Å². The van der Waals surface area contributed by atoms with Gasteiger partial charge in [0.05, 0.1) is 27.4 Å². The average molecular weight is 450 g/mol. The molecule has 4 aromatic rings. The summed E-state index contributed by atoms with van der Waals surface area (Å²) in [5, 5.41) is 4.85. The monoisotopic (exact) mass is 448 g/mol. The molecule has 0 saturated heterocycles. The molecule has 1 aromatic carbocycles. The van der Waals surface area contributed by atoms with Crippen molar-refractivity contribution in [2.75, 3.05) is 5.73 Å². The molecular weight excluding hydrogens is 439 g/mol. The van der Waals surface area contributed by atoms with Crippen LogP contribution >= 0.6 is 27.5 Å². The maximum absolute atomic E-state index is 13.2. The summed E-state index contributed by atoms with van der Waals surface area (Å²) in [7, 11) is 0. The van der Waals surface area contributed by atoms with E-state index in [0.717, 1.165) is 0 Å². The van der Waals surface area contributed by atoms with Crippen LogP contribution in [0.4, 0.5) is 10.3 Å². The molecule has 0 fully saturated rings. The molecule has 0 aliphatic carbocycles. The normalized spacial score (nSPS) is 11.2. The molecule has 0 spiro atoms. The van der Waals surface area contributed by atoms with Gasteiger partial charge in [-0.05, 0) is 52.3 Å². The molecular formula is C17H11BrClFN6O. The molecule has 0 saturated carbocycles. The van der Waals surface area contributed by atoms with Crippen LogP contribution in [-0.4, -0.2) is 24.1 Å². The topological polar surface area (TPSA) is 91.1 Å². The van der Waals surface area contributed by atoms with E-state index in [1.54, 1.807) is 24.3 Å². The molecule has 27 heavy (non-hydrogen) atoms. The molecule has 3 heterocycles. The summed E-state index contributed by atoms with van der Waals surface area (Å²) < 4.78 is 16.1. The zero-order chi connectivity index (χ0) is 19.1. The fourth-order valence-corrected chi connectivity index (χ4v) is 3.32. The van der Waals surface area contributed by atoms with Crippen molar-refractivity contribution < 1.29 is 4.39 Å². The van der Waals surface area contributed by atoms with Crippen molar-refractivity contribution in [1.29, 1.82) is 0 Å². The number of nitrogens with zero attached hydrogens (tertiary/aromatic N) is 5. The predicted molar refractivity (Wildman–Crippen MR) is 103 cm³/mol. The number of benzene rings is 1. The number of rotatable bonds is 3. The summed E-state index contributed by atoms with van der Waals surface area (Å²) in [4.78, 5) is 21.1. The van der Waals surface area contributed by atoms with Gasteiger partial charge in [-0.25, -0.2) is 23.3 Å². The van der Waals surface area contributed by atoms with Crippen LogP contribution in [0.5, 0.6) is 0 Å². The third-order valence-electron chi connectivity index (χ3n) is 3.92. The number of aromatic nitrogens is 5. The highest BCUT2D eigenvalue weighted by Crippen LogP contribution is 2.30. The third-order valence-corrected chi connectivity index (χ3v) is 4.87. The number of fused-ring (bicyclic) bond motifs is 1. The van der Waals surface area contributed by atoms with E-state index in [9.17, 15) is 9.18 Å². The van der Waals surface area contributed by atoms with Crippen molar-refractivity contribution in [3.63, 3.8) is 0 Å². The predicted octanol–water partition coefficient (Wildman–Crippen LogP) is 3.14. The highest BCUT2D eigenvalue weighted by Gasteiger charge is 2.18. The van der Waals surface area contributed by atoms with Gasteiger partial charge in [0.2, 0.25) is 5.95 Å². The Morgan fingerprint density at radius 2 is 1.93 bits per heavy atom. The zero-order valence-electron chi connectivity index (χ0n) is 13.6. The van der Waals surface area contributed by atoms with Gasteiger partial charge in [0, 0.05) is 11.8 Å². The van der Waals surface area contributed by atoms with Gasteiger partial charge in [0.25, 0.3) is 0 Å². The van der Waals surface area contributed by atoms with Gasteiger partial charge in [-0.1, -0.05) is 11.6 Å². The molecule has 136 valence electrons. The van der Waals surface area contributed by atoms with Gasteiger partial charge in [-0.2, -0.15) is 0 Å². The molecule has 0 amide bonds. The van der Waals surface area contributed by atoms with Gasteiger partial charge in [-0.15, -0.1) is 5.10 Å². The number of hydrogen-bond acceptors (Lipinski definition) is 5. The first-order valence-corrected chi connectivity index (χ1v) is 8.92. The minimum Gasteiger partial charge on any atom is -0.369 e. The van der Waals surface area contributed by atoms with E-state index in [4.69, 9.17) is 17.3 Å². The summed E-state index contributed by atoms with van der Waals surface area (Å²) in [5.74, 6) is -0.382. The Kier molecular flexibility index (Phi) is 4.40. The van der Waals surface area contributed by atoms with E-state index in [1.165, 1.54) is 27.4 Å². The number of hydrogen-bond donors (Lipinski definition) is 1. The average Bonchev–Trinajstić information content (AvgIpc) is 2.98. The van der Waals surface area contributed by atoms with Gasteiger partial charge in [0.1, 0.15) is 5.82 Å². The van der Waals surface area contributed by atoms with E-state index in [1.807, 2.05) is 0 Å². The summed E-state index contributed by atoms with van der Waals surface area (Å²) in [6.45, 7) is 0.148. The molecule has 10 heteroatoms. The Morgan fingerprint density at radius 3 is 2.59 bits per heavy atom. The molecule has 0 bridgehead atoms. The van der Waals surface area contributed by atoms with E-state index >= 15 is 0 Å². The lowest BCUT2D eigenvalue weighted by molar-refractivity contribution is 0.628. The fraction of sp³-hybridized carbons (Fsp3) is 0.0588. The van der Waals surface area contributed by atoms with Gasteiger partial charge >= 0.3 is 5.69 Å². The van der Waals surface area contributed by atoms with Crippen molar-refractivity contribution >= 4 is 39.1 Å². The Morgan fingerprint density at radius 1 is 1.19 bits per heavy atom. The van der Waals surface area contributed by atoms with Gasteiger partial charge in [-0.3, -0.25) is 4.98 Å². The Balaban J connectivity index is 1.85. The lowest BCUT2D eigenvalue weighted by Gasteiger charge is -2.06. The van der Waals surface area contributed by atoms with Crippen molar-refractivity contribution in [2.24, 2.45) is 0 Å². The molecule has 4 rings (SSSR count). The summed E-state index contributed by atoms with van der Waals surface area (Å²) >= 11 is 9.27. The molecule has 0 unspecified atom stereocenters. The molecule has 0 radical (unpaired) electrons. The Labute approximate surface area is 165 Å². The van der Waals surface area contributed by atoms with E-state index in [0.29, 0.717) is 32.1 Å². The maximum Gasteiger partial charge on any atom is 0.353 e. The first kappa shape index (κ1) is 17.6. The van der Waals surface area contributed by atoms with Crippen molar-refractivity contribution in [1.82, 2.24) is 24.1 Å².